The Bertz CT molecular complexity index is 402. The lowest BCUT2D eigenvalue weighted by molar-refractivity contribution is 0.382. The highest BCUT2D eigenvalue weighted by Gasteiger charge is 2.22. The largest absolute Gasteiger partial charge is 0.347 e. The van der Waals surface area contributed by atoms with Crippen LogP contribution in [0.1, 0.15) is 52.3 Å². The van der Waals surface area contributed by atoms with E-state index in [2.05, 4.69) is 47.3 Å². The summed E-state index contributed by atoms with van der Waals surface area (Å²) in [4.78, 5) is 7.11. The van der Waals surface area contributed by atoms with Crippen molar-refractivity contribution < 1.29 is 0 Å². The van der Waals surface area contributed by atoms with Crippen molar-refractivity contribution in [2.75, 3.05) is 31.1 Å². The van der Waals surface area contributed by atoms with Crippen molar-refractivity contribution in [2.45, 2.75) is 46.5 Å². The average molecular weight is 296 g/mol. The van der Waals surface area contributed by atoms with Gasteiger partial charge in [-0.2, -0.15) is 4.37 Å². The predicted octanol–water partition coefficient (Wildman–Crippen LogP) is 3.12. The lowest BCUT2D eigenvalue weighted by Gasteiger charge is -2.32. The first-order chi connectivity index (χ1) is 9.56. The highest BCUT2D eigenvalue weighted by atomic mass is 32.1. The van der Waals surface area contributed by atoms with Crippen LogP contribution in [0.5, 0.6) is 0 Å². The summed E-state index contributed by atoms with van der Waals surface area (Å²) in [6.45, 7) is 13.3. The smallest absolute Gasteiger partial charge is 0.205 e. The predicted molar refractivity (Wildman–Crippen MR) is 86.6 cm³/mol. The van der Waals surface area contributed by atoms with Gasteiger partial charge in [0.25, 0.3) is 0 Å². The van der Waals surface area contributed by atoms with Gasteiger partial charge in [0.2, 0.25) is 5.13 Å². The summed E-state index contributed by atoms with van der Waals surface area (Å²) in [6, 6.07) is 0. The molecule has 2 heterocycles. The molecule has 0 bridgehead atoms. The van der Waals surface area contributed by atoms with E-state index < -0.39 is 0 Å². The van der Waals surface area contributed by atoms with Crippen LogP contribution in [0.2, 0.25) is 0 Å². The van der Waals surface area contributed by atoms with E-state index >= 15 is 0 Å². The van der Waals surface area contributed by atoms with E-state index in [4.69, 9.17) is 0 Å². The maximum Gasteiger partial charge on any atom is 0.205 e. The summed E-state index contributed by atoms with van der Waals surface area (Å²) in [7, 11) is 0. The molecule has 1 unspecified atom stereocenters. The van der Waals surface area contributed by atoms with Gasteiger partial charge in [-0.25, -0.2) is 4.98 Å². The van der Waals surface area contributed by atoms with E-state index in [1.165, 1.54) is 12.8 Å². The molecule has 0 spiro atoms. The summed E-state index contributed by atoms with van der Waals surface area (Å²) >= 11 is 1.56. The number of nitrogens with zero attached hydrogens (tertiary/aromatic N) is 3. The normalized spacial score (nSPS) is 20.1. The fourth-order valence-electron chi connectivity index (χ4n) is 2.57. The van der Waals surface area contributed by atoms with Gasteiger partial charge < -0.3 is 10.2 Å². The van der Waals surface area contributed by atoms with Crippen LogP contribution in [-0.4, -0.2) is 35.5 Å². The number of rotatable bonds is 6. The molecule has 1 aromatic heterocycles. The molecule has 20 heavy (non-hydrogen) atoms. The van der Waals surface area contributed by atoms with E-state index in [0.29, 0.717) is 5.92 Å². The monoisotopic (exact) mass is 296 g/mol. The lowest BCUT2D eigenvalue weighted by Crippen LogP contribution is -2.40. The third kappa shape index (κ3) is 4.42. The van der Waals surface area contributed by atoms with E-state index in [0.717, 1.165) is 49.0 Å². The van der Waals surface area contributed by atoms with Gasteiger partial charge in [0.15, 0.2) is 0 Å². The van der Waals surface area contributed by atoms with Crippen LogP contribution in [0.25, 0.3) is 0 Å². The highest BCUT2D eigenvalue weighted by molar-refractivity contribution is 7.09. The zero-order chi connectivity index (χ0) is 14.5. The van der Waals surface area contributed by atoms with Crippen LogP contribution in [0.15, 0.2) is 0 Å². The highest BCUT2D eigenvalue weighted by Crippen LogP contribution is 2.26. The third-order valence-electron chi connectivity index (χ3n) is 3.72. The molecule has 1 aromatic rings. The average Bonchev–Trinajstić information content (AvgIpc) is 2.88. The summed E-state index contributed by atoms with van der Waals surface area (Å²) in [5.41, 5.74) is 0. The molecule has 1 saturated heterocycles. The number of hydrogen-bond donors (Lipinski definition) is 1. The van der Waals surface area contributed by atoms with Gasteiger partial charge in [-0.1, -0.05) is 27.7 Å². The standard InChI is InChI=1S/C15H28N4S/c1-11(2)8-16-9-13-6-5-7-19(10-13)15-17-14(12(3)4)18-20-15/h11-13,16H,5-10H2,1-4H3. The second kappa shape index (κ2) is 7.36. The number of piperidine rings is 1. The molecule has 1 atom stereocenters. The second-order valence-electron chi connectivity index (χ2n) is 6.60. The van der Waals surface area contributed by atoms with Crippen LogP contribution >= 0.6 is 11.5 Å². The van der Waals surface area contributed by atoms with Crippen LogP contribution in [0, 0.1) is 11.8 Å². The van der Waals surface area contributed by atoms with Crippen molar-refractivity contribution in [3.8, 4) is 0 Å². The molecular weight excluding hydrogens is 268 g/mol. The minimum atomic E-state index is 0.424. The fourth-order valence-corrected chi connectivity index (χ4v) is 3.41. The Hall–Kier alpha value is -0.680. The Morgan fingerprint density at radius 3 is 2.80 bits per heavy atom. The second-order valence-corrected chi connectivity index (χ2v) is 7.33. The molecule has 1 N–H and O–H groups in total. The Labute approximate surface area is 127 Å². The van der Waals surface area contributed by atoms with Crippen molar-refractivity contribution in [1.29, 1.82) is 0 Å². The first-order valence-electron chi connectivity index (χ1n) is 7.85. The summed E-state index contributed by atoms with van der Waals surface area (Å²) < 4.78 is 4.47. The maximum atomic E-state index is 4.69. The van der Waals surface area contributed by atoms with Crippen LogP contribution < -0.4 is 10.2 Å². The van der Waals surface area contributed by atoms with Gasteiger partial charge in [0.05, 0.1) is 0 Å². The lowest BCUT2D eigenvalue weighted by atomic mass is 9.98. The summed E-state index contributed by atoms with van der Waals surface area (Å²) in [5.74, 6) is 2.89. The molecule has 4 nitrogen and oxygen atoms in total. The summed E-state index contributed by atoms with van der Waals surface area (Å²) in [5, 5.41) is 4.70. The van der Waals surface area contributed by atoms with Gasteiger partial charge in [-0.05, 0) is 37.8 Å². The molecule has 0 aliphatic carbocycles. The first kappa shape index (κ1) is 15.7. The molecular formula is C15H28N4S. The summed E-state index contributed by atoms with van der Waals surface area (Å²) in [6.07, 6.45) is 2.60. The van der Waals surface area contributed by atoms with Crippen LogP contribution in [0.3, 0.4) is 0 Å². The molecule has 2 rings (SSSR count). The van der Waals surface area contributed by atoms with Crippen molar-refractivity contribution in [3.63, 3.8) is 0 Å². The van der Waals surface area contributed by atoms with Gasteiger partial charge >= 0.3 is 0 Å². The molecule has 1 aliphatic rings. The minimum Gasteiger partial charge on any atom is -0.347 e. The van der Waals surface area contributed by atoms with Crippen molar-refractivity contribution >= 4 is 16.7 Å². The van der Waals surface area contributed by atoms with E-state index in [1.807, 2.05) is 0 Å². The maximum absolute atomic E-state index is 4.69. The first-order valence-corrected chi connectivity index (χ1v) is 8.63. The zero-order valence-corrected chi connectivity index (χ0v) is 14.0. The third-order valence-corrected chi connectivity index (χ3v) is 4.51. The van der Waals surface area contributed by atoms with Gasteiger partial charge in [-0.3, -0.25) is 0 Å². The number of anilines is 1. The van der Waals surface area contributed by atoms with Crippen molar-refractivity contribution in [2.24, 2.45) is 11.8 Å². The van der Waals surface area contributed by atoms with E-state index in [9.17, 15) is 0 Å². The van der Waals surface area contributed by atoms with E-state index in [1.54, 1.807) is 11.5 Å². The minimum absolute atomic E-state index is 0.424. The molecule has 114 valence electrons. The van der Waals surface area contributed by atoms with Crippen LogP contribution in [-0.2, 0) is 0 Å². The zero-order valence-electron chi connectivity index (χ0n) is 13.2. The molecule has 0 radical (unpaired) electrons. The number of hydrogen-bond acceptors (Lipinski definition) is 5. The van der Waals surface area contributed by atoms with Gasteiger partial charge in [-0.15, -0.1) is 0 Å². The Kier molecular flexibility index (Phi) is 5.78. The molecule has 5 heteroatoms. The Balaban J connectivity index is 1.86. The molecule has 1 fully saturated rings. The molecule has 1 aliphatic heterocycles. The Morgan fingerprint density at radius 1 is 1.35 bits per heavy atom. The quantitative estimate of drug-likeness (QED) is 0.875. The molecule has 0 amide bonds. The van der Waals surface area contributed by atoms with Crippen molar-refractivity contribution in [1.82, 2.24) is 14.7 Å². The van der Waals surface area contributed by atoms with Crippen LogP contribution in [0.4, 0.5) is 5.13 Å². The topological polar surface area (TPSA) is 41.0 Å². The SMILES string of the molecule is CC(C)CNCC1CCCN(c2nc(C(C)C)ns2)C1. The van der Waals surface area contributed by atoms with E-state index in [-0.39, 0.29) is 0 Å². The van der Waals surface area contributed by atoms with Crippen molar-refractivity contribution in [3.05, 3.63) is 5.82 Å². The molecule has 0 saturated carbocycles. The Morgan fingerprint density at radius 2 is 2.15 bits per heavy atom. The van der Waals surface area contributed by atoms with Gasteiger partial charge in [0, 0.05) is 30.5 Å². The fraction of sp³-hybridized carbons (Fsp3) is 0.867. The number of aromatic nitrogens is 2. The van der Waals surface area contributed by atoms with Gasteiger partial charge in [0.1, 0.15) is 5.82 Å². The molecule has 0 aromatic carbocycles. The number of nitrogens with one attached hydrogen (secondary N) is 1.